The topological polar surface area (TPSA) is 41.1 Å². The fourth-order valence-corrected chi connectivity index (χ4v) is 2.65. The minimum Gasteiger partial charge on any atom is -0.385 e. The number of benzene rings is 1. The predicted octanol–water partition coefficient (Wildman–Crippen LogP) is 3.42. The zero-order valence-electron chi connectivity index (χ0n) is 11.2. The Morgan fingerprint density at radius 3 is 2.53 bits per heavy atom. The lowest BCUT2D eigenvalue weighted by atomic mass is 10.1. The van der Waals surface area contributed by atoms with Crippen molar-refractivity contribution in [3.63, 3.8) is 0 Å². The van der Waals surface area contributed by atoms with Crippen LogP contribution in [0.4, 0.5) is 5.69 Å². The lowest BCUT2D eigenvalue weighted by molar-refractivity contribution is 0.0951. The van der Waals surface area contributed by atoms with E-state index in [1.165, 1.54) is 11.1 Å². The van der Waals surface area contributed by atoms with Crippen LogP contribution in [0.1, 0.15) is 28.4 Å². The van der Waals surface area contributed by atoms with E-state index in [1.54, 1.807) is 11.3 Å². The Kier molecular flexibility index (Phi) is 4.58. The Labute approximate surface area is 117 Å². The summed E-state index contributed by atoms with van der Waals surface area (Å²) in [6.45, 7) is 5.57. The minimum absolute atomic E-state index is 0.0337. The third-order valence-electron chi connectivity index (χ3n) is 2.93. The number of rotatable bonds is 5. The summed E-state index contributed by atoms with van der Waals surface area (Å²) in [4.78, 5) is 12.0. The van der Waals surface area contributed by atoms with E-state index in [1.807, 2.05) is 31.2 Å². The van der Waals surface area contributed by atoms with Gasteiger partial charge in [0.1, 0.15) is 0 Å². The smallest absolute Gasteiger partial charge is 0.251 e. The van der Waals surface area contributed by atoms with Gasteiger partial charge in [-0.05, 0) is 60.0 Å². The van der Waals surface area contributed by atoms with Gasteiger partial charge < -0.3 is 10.6 Å². The molecule has 3 nitrogen and oxygen atoms in total. The van der Waals surface area contributed by atoms with E-state index in [0.717, 1.165) is 12.2 Å². The molecule has 2 rings (SSSR count). The third-order valence-corrected chi connectivity index (χ3v) is 3.84. The molecule has 0 bridgehead atoms. The van der Waals surface area contributed by atoms with E-state index in [2.05, 4.69) is 28.3 Å². The molecule has 100 valence electrons. The molecule has 1 aromatic carbocycles. The molecule has 0 saturated carbocycles. The standard InChI is InChI=1S/C15H18N2OS/c1-3-16-14-6-4-12(5-7-14)15(18)17-8-13-10-19-9-11(13)2/h4-7,9-10,16H,3,8H2,1-2H3,(H,17,18). The van der Waals surface area contributed by atoms with E-state index < -0.39 is 0 Å². The summed E-state index contributed by atoms with van der Waals surface area (Å²) in [5.74, 6) is -0.0337. The highest BCUT2D eigenvalue weighted by Gasteiger charge is 2.06. The Morgan fingerprint density at radius 2 is 1.95 bits per heavy atom. The lowest BCUT2D eigenvalue weighted by Gasteiger charge is -2.07. The molecule has 0 fully saturated rings. The number of aryl methyl sites for hydroxylation is 1. The van der Waals surface area contributed by atoms with Gasteiger partial charge in [0, 0.05) is 24.3 Å². The van der Waals surface area contributed by atoms with Crippen LogP contribution in [0.25, 0.3) is 0 Å². The summed E-state index contributed by atoms with van der Waals surface area (Å²) in [6, 6.07) is 7.53. The molecule has 0 atom stereocenters. The molecule has 0 saturated heterocycles. The summed E-state index contributed by atoms with van der Waals surface area (Å²) >= 11 is 1.66. The first-order valence-corrected chi connectivity index (χ1v) is 7.28. The molecule has 1 heterocycles. The van der Waals surface area contributed by atoms with Crippen LogP contribution in [0.15, 0.2) is 35.0 Å². The van der Waals surface area contributed by atoms with Crippen molar-refractivity contribution in [3.05, 3.63) is 51.7 Å². The molecule has 0 aliphatic rings. The Balaban J connectivity index is 1.94. The summed E-state index contributed by atoms with van der Waals surface area (Å²) < 4.78 is 0. The van der Waals surface area contributed by atoms with Gasteiger partial charge in [0.2, 0.25) is 0 Å². The van der Waals surface area contributed by atoms with Crippen LogP contribution in [0.5, 0.6) is 0 Å². The van der Waals surface area contributed by atoms with Gasteiger partial charge in [-0.1, -0.05) is 0 Å². The van der Waals surface area contributed by atoms with Crippen LogP contribution in [0, 0.1) is 6.92 Å². The second-order valence-electron chi connectivity index (χ2n) is 4.37. The molecule has 0 unspecified atom stereocenters. The lowest BCUT2D eigenvalue weighted by Crippen LogP contribution is -2.22. The maximum atomic E-state index is 12.0. The molecular weight excluding hydrogens is 256 g/mol. The second kappa shape index (κ2) is 6.38. The van der Waals surface area contributed by atoms with Gasteiger partial charge in [0.15, 0.2) is 0 Å². The average molecular weight is 274 g/mol. The molecular formula is C15H18N2OS. The second-order valence-corrected chi connectivity index (χ2v) is 5.11. The average Bonchev–Trinajstić information content (AvgIpc) is 2.83. The van der Waals surface area contributed by atoms with Crippen molar-refractivity contribution in [1.82, 2.24) is 5.32 Å². The summed E-state index contributed by atoms with van der Waals surface area (Å²) in [6.07, 6.45) is 0. The van der Waals surface area contributed by atoms with Crippen molar-refractivity contribution in [2.24, 2.45) is 0 Å². The van der Waals surface area contributed by atoms with Crippen LogP contribution in [0.3, 0.4) is 0 Å². The molecule has 0 radical (unpaired) electrons. The zero-order chi connectivity index (χ0) is 13.7. The maximum absolute atomic E-state index is 12.0. The molecule has 19 heavy (non-hydrogen) atoms. The normalized spacial score (nSPS) is 10.2. The van der Waals surface area contributed by atoms with E-state index in [-0.39, 0.29) is 5.91 Å². The molecule has 1 amide bonds. The van der Waals surface area contributed by atoms with E-state index in [9.17, 15) is 4.79 Å². The molecule has 2 aromatic rings. The quantitative estimate of drug-likeness (QED) is 0.877. The molecule has 0 aliphatic carbocycles. The number of hydrogen-bond donors (Lipinski definition) is 2. The molecule has 4 heteroatoms. The van der Waals surface area contributed by atoms with Crippen LogP contribution >= 0.6 is 11.3 Å². The zero-order valence-corrected chi connectivity index (χ0v) is 12.0. The maximum Gasteiger partial charge on any atom is 0.251 e. The van der Waals surface area contributed by atoms with E-state index in [0.29, 0.717) is 12.1 Å². The molecule has 1 aromatic heterocycles. The van der Waals surface area contributed by atoms with Gasteiger partial charge in [-0.25, -0.2) is 0 Å². The van der Waals surface area contributed by atoms with E-state index in [4.69, 9.17) is 0 Å². The largest absolute Gasteiger partial charge is 0.385 e. The van der Waals surface area contributed by atoms with Crippen LogP contribution < -0.4 is 10.6 Å². The minimum atomic E-state index is -0.0337. The third kappa shape index (κ3) is 3.58. The first-order valence-electron chi connectivity index (χ1n) is 6.34. The number of anilines is 1. The fourth-order valence-electron chi connectivity index (χ4n) is 1.79. The number of carbonyl (C=O) groups excluding carboxylic acids is 1. The van der Waals surface area contributed by atoms with Crippen LogP contribution in [0.2, 0.25) is 0 Å². The van der Waals surface area contributed by atoms with Gasteiger partial charge in [-0.3, -0.25) is 4.79 Å². The number of nitrogens with one attached hydrogen (secondary N) is 2. The Bertz CT molecular complexity index is 546. The van der Waals surface area contributed by atoms with Crippen molar-refractivity contribution >= 4 is 22.9 Å². The fraction of sp³-hybridized carbons (Fsp3) is 0.267. The Morgan fingerprint density at radius 1 is 1.21 bits per heavy atom. The van der Waals surface area contributed by atoms with Crippen molar-refractivity contribution in [1.29, 1.82) is 0 Å². The van der Waals surface area contributed by atoms with Crippen molar-refractivity contribution in [3.8, 4) is 0 Å². The van der Waals surface area contributed by atoms with Gasteiger partial charge >= 0.3 is 0 Å². The van der Waals surface area contributed by atoms with Crippen molar-refractivity contribution < 1.29 is 4.79 Å². The number of thiophene rings is 1. The highest BCUT2D eigenvalue weighted by Crippen LogP contribution is 2.14. The molecule has 2 N–H and O–H groups in total. The van der Waals surface area contributed by atoms with E-state index >= 15 is 0 Å². The van der Waals surface area contributed by atoms with Crippen LogP contribution in [-0.2, 0) is 6.54 Å². The number of hydrogen-bond acceptors (Lipinski definition) is 3. The van der Waals surface area contributed by atoms with Gasteiger partial charge in [-0.15, -0.1) is 0 Å². The number of carbonyl (C=O) groups is 1. The highest BCUT2D eigenvalue weighted by molar-refractivity contribution is 7.08. The monoisotopic (exact) mass is 274 g/mol. The highest BCUT2D eigenvalue weighted by atomic mass is 32.1. The first-order chi connectivity index (χ1) is 9.20. The summed E-state index contributed by atoms with van der Waals surface area (Å²) in [5.41, 5.74) is 4.14. The molecule has 0 aliphatic heterocycles. The summed E-state index contributed by atoms with van der Waals surface area (Å²) in [5, 5.41) is 10.3. The SMILES string of the molecule is CCNc1ccc(C(=O)NCc2cscc2C)cc1. The first kappa shape index (κ1) is 13.6. The number of amides is 1. The van der Waals surface area contributed by atoms with Crippen molar-refractivity contribution in [2.45, 2.75) is 20.4 Å². The Hall–Kier alpha value is -1.81. The van der Waals surface area contributed by atoms with Crippen molar-refractivity contribution in [2.75, 3.05) is 11.9 Å². The van der Waals surface area contributed by atoms with Gasteiger partial charge in [0.05, 0.1) is 0 Å². The van der Waals surface area contributed by atoms with Gasteiger partial charge in [0.25, 0.3) is 5.91 Å². The predicted molar refractivity (Wildman–Crippen MR) is 80.8 cm³/mol. The molecule has 0 spiro atoms. The summed E-state index contributed by atoms with van der Waals surface area (Å²) in [7, 11) is 0. The van der Waals surface area contributed by atoms with Crippen LogP contribution in [-0.4, -0.2) is 12.5 Å². The van der Waals surface area contributed by atoms with Gasteiger partial charge in [-0.2, -0.15) is 11.3 Å².